The van der Waals surface area contributed by atoms with Crippen LogP contribution in [0.1, 0.15) is 16.8 Å². The van der Waals surface area contributed by atoms with Crippen molar-refractivity contribution in [3.05, 3.63) is 52.5 Å². The Labute approximate surface area is 143 Å². The van der Waals surface area contributed by atoms with Crippen molar-refractivity contribution in [3.8, 4) is 11.3 Å². The zero-order valence-electron chi connectivity index (χ0n) is 13.6. The number of benzene rings is 1. The molecule has 0 atom stereocenters. The standard InChI is InChI=1S/C17H16N6S/c1-10-4-6-13(11(2)8-10)14-9-24-17-19-16(22-23(14)17)18-15-7-5-12(3)20-21-15/h4-9H,1-3H3,(H,18,21,22). The van der Waals surface area contributed by atoms with Gasteiger partial charge in [0.15, 0.2) is 5.82 Å². The van der Waals surface area contributed by atoms with E-state index < -0.39 is 0 Å². The van der Waals surface area contributed by atoms with Gasteiger partial charge in [-0.2, -0.15) is 10.1 Å². The van der Waals surface area contributed by atoms with Crippen molar-refractivity contribution in [3.63, 3.8) is 0 Å². The SMILES string of the molecule is Cc1ccc(-c2csc3nc(Nc4ccc(C)nn4)nn23)c(C)c1. The summed E-state index contributed by atoms with van der Waals surface area (Å²) in [6.07, 6.45) is 0. The smallest absolute Gasteiger partial charge is 0.249 e. The maximum Gasteiger partial charge on any atom is 0.249 e. The van der Waals surface area contributed by atoms with Crippen LogP contribution in [0.5, 0.6) is 0 Å². The van der Waals surface area contributed by atoms with E-state index in [1.165, 1.54) is 16.7 Å². The van der Waals surface area contributed by atoms with Gasteiger partial charge in [-0.05, 0) is 38.5 Å². The highest BCUT2D eigenvalue weighted by Crippen LogP contribution is 2.29. The van der Waals surface area contributed by atoms with Gasteiger partial charge < -0.3 is 5.32 Å². The fourth-order valence-corrected chi connectivity index (χ4v) is 3.42. The van der Waals surface area contributed by atoms with Crippen molar-refractivity contribution in [1.29, 1.82) is 0 Å². The number of hydrogen-bond acceptors (Lipinski definition) is 6. The average molecular weight is 336 g/mol. The lowest BCUT2D eigenvalue weighted by Gasteiger charge is -2.05. The number of aromatic nitrogens is 5. The van der Waals surface area contributed by atoms with Crippen molar-refractivity contribution < 1.29 is 0 Å². The lowest BCUT2D eigenvalue weighted by atomic mass is 10.0. The zero-order valence-corrected chi connectivity index (χ0v) is 14.4. The van der Waals surface area contributed by atoms with Gasteiger partial charge in [-0.15, -0.1) is 21.5 Å². The van der Waals surface area contributed by atoms with E-state index in [2.05, 4.69) is 63.0 Å². The highest BCUT2D eigenvalue weighted by Gasteiger charge is 2.13. The molecular formula is C17H16N6S. The van der Waals surface area contributed by atoms with Gasteiger partial charge in [0.2, 0.25) is 10.9 Å². The lowest BCUT2D eigenvalue weighted by Crippen LogP contribution is -1.98. The van der Waals surface area contributed by atoms with Gasteiger partial charge in [0.25, 0.3) is 0 Å². The molecule has 0 aliphatic carbocycles. The molecule has 3 aromatic heterocycles. The van der Waals surface area contributed by atoms with Gasteiger partial charge in [0, 0.05) is 10.9 Å². The second kappa shape index (κ2) is 5.68. The molecular weight excluding hydrogens is 320 g/mol. The molecule has 0 saturated heterocycles. The first kappa shape index (κ1) is 14.8. The summed E-state index contributed by atoms with van der Waals surface area (Å²) in [4.78, 5) is 5.36. The highest BCUT2D eigenvalue weighted by molar-refractivity contribution is 7.15. The van der Waals surface area contributed by atoms with E-state index in [1.807, 2.05) is 23.6 Å². The number of nitrogens with one attached hydrogen (secondary N) is 1. The third kappa shape index (κ3) is 2.63. The molecule has 7 heteroatoms. The van der Waals surface area contributed by atoms with Crippen LogP contribution in [-0.4, -0.2) is 24.8 Å². The summed E-state index contributed by atoms with van der Waals surface area (Å²) >= 11 is 1.57. The van der Waals surface area contributed by atoms with Crippen molar-refractivity contribution >= 4 is 28.1 Å². The molecule has 0 aliphatic heterocycles. The fourth-order valence-electron chi connectivity index (χ4n) is 2.60. The van der Waals surface area contributed by atoms with Gasteiger partial charge in [-0.25, -0.2) is 4.52 Å². The average Bonchev–Trinajstić information content (AvgIpc) is 3.10. The Morgan fingerprint density at radius 3 is 2.67 bits per heavy atom. The number of fused-ring (bicyclic) bond motifs is 1. The Morgan fingerprint density at radius 2 is 1.92 bits per heavy atom. The van der Waals surface area contributed by atoms with Gasteiger partial charge in [-0.1, -0.05) is 23.8 Å². The van der Waals surface area contributed by atoms with Crippen LogP contribution in [0.15, 0.2) is 35.7 Å². The van der Waals surface area contributed by atoms with Crippen LogP contribution in [0, 0.1) is 20.8 Å². The first-order chi connectivity index (χ1) is 11.6. The monoisotopic (exact) mass is 336 g/mol. The Hall–Kier alpha value is -2.80. The minimum atomic E-state index is 0.519. The van der Waals surface area contributed by atoms with E-state index in [1.54, 1.807) is 11.3 Å². The summed E-state index contributed by atoms with van der Waals surface area (Å²) < 4.78 is 1.87. The summed E-state index contributed by atoms with van der Waals surface area (Å²) in [5.41, 5.74) is 5.56. The Morgan fingerprint density at radius 1 is 1.04 bits per heavy atom. The van der Waals surface area contributed by atoms with E-state index in [9.17, 15) is 0 Å². The summed E-state index contributed by atoms with van der Waals surface area (Å²) in [6, 6.07) is 10.2. The highest BCUT2D eigenvalue weighted by atomic mass is 32.1. The first-order valence-corrected chi connectivity index (χ1v) is 8.47. The number of hydrogen-bond donors (Lipinski definition) is 1. The van der Waals surface area contributed by atoms with Gasteiger partial charge >= 0.3 is 0 Å². The maximum atomic E-state index is 4.57. The van der Waals surface area contributed by atoms with Crippen molar-refractivity contribution in [2.24, 2.45) is 0 Å². The minimum Gasteiger partial charge on any atom is -0.306 e. The number of thiazole rings is 1. The van der Waals surface area contributed by atoms with E-state index in [0.29, 0.717) is 11.8 Å². The molecule has 1 N–H and O–H groups in total. The molecule has 3 heterocycles. The van der Waals surface area contributed by atoms with E-state index >= 15 is 0 Å². The molecule has 120 valence electrons. The van der Waals surface area contributed by atoms with Crippen LogP contribution in [-0.2, 0) is 0 Å². The Kier molecular flexibility index (Phi) is 3.50. The van der Waals surface area contributed by atoms with Gasteiger partial charge in [0.1, 0.15) is 0 Å². The normalized spacial score (nSPS) is 11.1. The van der Waals surface area contributed by atoms with E-state index in [0.717, 1.165) is 16.3 Å². The van der Waals surface area contributed by atoms with Crippen molar-refractivity contribution in [2.75, 3.05) is 5.32 Å². The second-order valence-electron chi connectivity index (χ2n) is 5.75. The quantitative estimate of drug-likeness (QED) is 0.614. The van der Waals surface area contributed by atoms with E-state index in [4.69, 9.17) is 0 Å². The summed E-state index contributed by atoms with van der Waals surface area (Å²) in [5.74, 6) is 1.15. The second-order valence-corrected chi connectivity index (χ2v) is 6.59. The third-order valence-corrected chi connectivity index (χ3v) is 4.59. The number of aryl methyl sites for hydroxylation is 3. The molecule has 0 bridgehead atoms. The topological polar surface area (TPSA) is 68.0 Å². The molecule has 1 aromatic carbocycles. The number of anilines is 2. The molecule has 0 saturated carbocycles. The largest absolute Gasteiger partial charge is 0.306 e. The van der Waals surface area contributed by atoms with Crippen LogP contribution in [0.3, 0.4) is 0 Å². The van der Waals surface area contributed by atoms with Crippen molar-refractivity contribution in [2.45, 2.75) is 20.8 Å². The molecule has 4 aromatic rings. The Bertz CT molecular complexity index is 1020. The molecule has 0 unspecified atom stereocenters. The van der Waals surface area contributed by atoms with Crippen LogP contribution in [0.25, 0.3) is 16.2 Å². The predicted octanol–water partition coefficient (Wildman–Crippen LogP) is 3.92. The molecule has 0 amide bonds. The third-order valence-electron chi connectivity index (χ3n) is 3.78. The van der Waals surface area contributed by atoms with Crippen molar-refractivity contribution in [1.82, 2.24) is 24.8 Å². The zero-order chi connectivity index (χ0) is 16.7. The summed E-state index contributed by atoms with van der Waals surface area (Å²) in [7, 11) is 0. The summed E-state index contributed by atoms with van der Waals surface area (Å²) in [5, 5.41) is 17.9. The lowest BCUT2D eigenvalue weighted by molar-refractivity contribution is 0.964. The van der Waals surface area contributed by atoms with Gasteiger partial charge in [-0.3, -0.25) is 0 Å². The maximum absolute atomic E-state index is 4.57. The molecule has 0 aliphatic rings. The molecule has 6 nitrogen and oxygen atoms in total. The first-order valence-electron chi connectivity index (χ1n) is 7.59. The van der Waals surface area contributed by atoms with Crippen LogP contribution >= 0.6 is 11.3 Å². The van der Waals surface area contributed by atoms with Crippen LogP contribution in [0.2, 0.25) is 0 Å². The van der Waals surface area contributed by atoms with E-state index in [-0.39, 0.29) is 0 Å². The summed E-state index contributed by atoms with van der Waals surface area (Å²) in [6.45, 7) is 6.11. The molecule has 0 spiro atoms. The Balaban J connectivity index is 1.72. The van der Waals surface area contributed by atoms with Crippen LogP contribution in [0.4, 0.5) is 11.8 Å². The predicted molar refractivity (Wildman–Crippen MR) is 95.8 cm³/mol. The number of nitrogens with zero attached hydrogens (tertiary/aromatic N) is 5. The molecule has 24 heavy (non-hydrogen) atoms. The number of rotatable bonds is 3. The van der Waals surface area contributed by atoms with Crippen LogP contribution < -0.4 is 5.32 Å². The molecule has 0 fully saturated rings. The fraction of sp³-hybridized carbons (Fsp3) is 0.176. The minimum absolute atomic E-state index is 0.519. The molecule has 4 rings (SSSR count). The van der Waals surface area contributed by atoms with Gasteiger partial charge in [0.05, 0.1) is 11.4 Å². The molecule has 0 radical (unpaired) electrons.